The van der Waals surface area contributed by atoms with Gasteiger partial charge >= 0.3 is 0 Å². The van der Waals surface area contributed by atoms with E-state index in [2.05, 4.69) is 10.5 Å². The first kappa shape index (κ1) is 17.7. The highest BCUT2D eigenvalue weighted by Crippen LogP contribution is 2.13. The van der Waals surface area contributed by atoms with Gasteiger partial charge in [-0.05, 0) is 17.8 Å². The van der Waals surface area contributed by atoms with Crippen LogP contribution >= 0.6 is 11.8 Å². The molecule has 0 bridgehead atoms. The van der Waals surface area contributed by atoms with Gasteiger partial charge in [-0.15, -0.1) is 0 Å². The van der Waals surface area contributed by atoms with Crippen LogP contribution in [0.1, 0.15) is 11.1 Å². The highest BCUT2D eigenvalue weighted by atomic mass is 32.2. The zero-order valence-corrected chi connectivity index (χ0v) is 14.7. The first-order chi connectivity index (χ1) is 12.7. The lowest BCUT2D eigenvalue weighted by atomic mass is 10.0. The lowest BCUT2D eigenvalue weighted by Crippen LogP contribution is -2.29. The Morgan fingerprint density at radius 3 is 2.08 bits per heavy atom. The fourth-order valence-corrected chi connectivity index (χ4v) is 3.01. The van der Waals surface area contributed by atoms with Crippen molar-refractivity contribution in [1.29, 1.82) is 0 Å². The summed E-state index contributed by atoms with van der Waals surface area (Å²) in [6, 6.07) is 24.4. The van der Waals surface area contributed by atoms with Crippen molar-refractivity contribution >= 4 is 23.4 Å². The normalized spacial score (nSPS) is 10.2. The standard InChI is InChI=1S/C20H17N3O2S/c24-18(15-26-19-13-7-8-14-23(19)25)21-22-20(16-9-3-1-4-10-16)17-11-5-2-6-12-17/h1-14H,15H2,(H,21,24). The minimum atomic E-state index is -0.275. The third kappa shape index (κ3) is 4.70. The van der Waals surface area contributed by atoms with Crippen LogP contribution in [0, 0.1) is 5.21 Å². The molecule has 0 unspecified atom stereocenters. The number of benzene rings is 2. The molecule has 1 aromatic heterocycles. The molecule has 0 saturated carbocycles. The summed E-state index contributed by atoms with van der Waals surface area (Å²) in [7, 11) is 0. The van der Waals surface area contributed by atoms with E-state index in [1.165, 1.54) is 18.0 Å². The van der Waals surface area contributed by atoms with Crippen molar-refractivity contribution in [3.8, 4) is 0 Å². The molecule has 6 heteroatoms. The molecule has 1 N–H and O–H groups in total. The lowest BCUT2D eigenvalue weighted by Gasteiger charge is -2.08. The summed E-state index contributed by atoms with van der Waals surface area (Å²) in [4.78, 5) is 12.1. The molecule has 3 aromatic rings. The van der Waals surface area contributed by atoms with Crippen LogP contribution in [-0.4, -0.2) is 17.4 Å². The Bertz CT molecular complexity index is 858. The molecular formula is C20H17N3O2S. The van der Waals surface area contributed by atoms with Crippen molar-refractivity contribution in [2.75, 3.05) is 5.75 Å². The van der Waals surface area contributed by atoms with E-state index in [-0.39, 0.29) is 11.7 Å². The number of carbonyl (C=O) groups excluding carboxylic acids is 1. The van der Waals surface area contributed by atoms with E-state index in [1.54, 1.807) is 18.2 Å². The van der Waals surface area contributed by atoms with Gasteiger partial charge in [-0.3, -0.25) is 4.79 Å². The van der Waals surface area contributed by atoms with Crippen molar-refractivity contribution in [1.82, 2.24) is 5.43 Å². The van der Waals surface area contributed by atoms with Crippen molar-refractivity contribution in [3.05, 3.63) is 101 Å². The highest BCUT2D eigenvalue weighted by molar-refractivity contribution is 7.99. The van der Waals surface area contributed by atoms with Crippen LogP contribution in [0.15, 0.2) is 95.2 Å². The van der Waals surface area contributed by atoms with Gasteiger partial charge in [-0.2, -0.15) is 9.83 Å². The van der Waals surface area contributed by atoms with Crippen LogP contribution in [0.25, 0.3) is 0 Å². The summed E-state index contributed by atoms with van der Waals surface area (Å²) in [6.45, 7) is 0. The van der Waals surface area contributed by atoms with E-state index < -0.39 is 0 Å². The molecule has 2 aromatic carbocycles. The Morgan fingerprint density at radius 1 is 0.923 bits per heavy atom. The second-order valence-corrected chi connectivity index (χ2v) is 6.38. The summed E-state index contributed by atoms with van der Waals surface area (Å²) >= 11 is 1.17. The van der Waals surface area contributed by atoms with Gasteiger partial charge in [0.2, 0.25) is 0 Å². The number of aromatic nitrogens is 1. The van der Waals surface area contributed by atoms with Crippen LogP contribution in [-0.2, 0) is 4.79 Å². The van der Waals surface area contributed by atoms with Gasteiger partial charge in [-0.1, -0.05) is 60.7 Å². The molecule has 1 heterocycles. The maximum atomic E-state index is 12.1. The molecule has 3 rings (SSSR count). The van der Waals surface area contributed by atoms with Crippen molar-refractivity contribution in [2.24, 2.45) is 5.10 Å². The summed E-state index contributed by atoms with van der Waals surface area (Å²) in [6.07, 6.45) is 1.40. The van der Waals surface area contributed by atoms with Crippen LogP contribution in [0.4, 0.5) is 0 Å². The Hall–Kier alpha value is -3.12. The molecule has 0 aliphatic carbocycles. The summed E-state index contributed by atoms with van der Waals surface area (Å²) < 4.78 is 0.737. The largest absolute Gasteiger partial charge is 0.618 e. The minimum Gasteiger partial charge on any atom is -0.618 e. The average molecular weight is 363 g/mol. The highest BCUT2D eigenvalue weighted by Gasteiger charge is 2.10. The van der Waals surface area contributed by atoms with E-state index >= 15 is 0 Å². The molecule has 0 aliphatic heterocycles. The molecule has 0 aliphatic rings. The number of hydrazone groups is 1. The Balaban J connectivity index is 1.72. The SMILES string of the molecule is O=C(CSc1cccc[n+]1[O-])NN=C(c1ccccc1)c1ccccc1. The smallest absolute Gasteiger partial charge is 0.251 e. The Labute approximate surface area is 156 Å². The molecule has 0 atom stereocenters. The predicted molar refractivity (Wildman–Crippen MR) is 103 cm³/mol. The van der Waals surface area contributed by atoms with Gasteiger partial charge in [0, 0.05) is 23.3 Å². The third-order valence-electron chi connectivity index (χ3n) is 3.53. The minimum absolute atomic E-state index is 0.104. The topological polar surface area (TPSA) is 68.4 Å². The number of hydrogen-bond donors (Lipinski definition) is 1. The quantitative estimate of drug-likeness (QED) is 0.241. The van der Waals surface area contributed by atoms with E-state index in [9.17, 15) is 10.0 Å². The number of nitrogens with zero attached hydrogens (tertiary/aromatic N) is 2. The molecule has 0 radical (unpaired) electrons. The number of nitrogens with one attached hydrogen (secondary N) is 1. The molecule has 130 valence electrons. The van der Waals surface area contributed by atoms with E-state index in [4.69, 9.17) is 0 Å². The predicted octanol–water partition coefficient (Wildman–Crippen LogP) is 2.98. The van der Waals surface area contributed by atoms with Gasteiger partial charge < -0.3 is 5.21 Å². The second-order valence-electron chi connectivity index (χ2n) is 5.38. The van der Waals surface area contributed by atoms with Crippen LogP contribution < -0.4 is 10.2 Å². The fraction of sp³-hybridized carbons (Fsp3) is 0.0500. The van der Waals surface area contributed by atoms with Crippen LogP contribution in [0.5, 0.6) is 0 Å². The average Bonchev–Trinajstić information content (AvgIpc) is 2.69. The van der Waals surface area contributed by atoms with Gasteiger partial charge in [-0.25, -0.2) is 5.43 Å². The van der Waals surface area contributed by atoms with Gasteiger partial charge in [0.15, 0.2) is 6.20 Å². The zero-order chi connectivity index (χ0) is 18.2. The second kappa shape index (κ2) is 8.82. The number of pyridine rings is 1. The monoisotopic (exact) mass is 363 g/mol. The molecule has 5 nitrogen and oxygen atoms in total. The summed E-state index contributed by atoms with van der Waals surface area (Å²) in [5.41, 5.74) is 5.09. The molecule has 0 saturated heterocycles. The van der Waals surface area contributed by atoms with Crippen LogP contribution in [0.2, 0.25) is 0 Å². The summed E-state index contributed by atoms with van der Waals surface area (Å²) in [5, 5.41) is 16.4. The molecule has 0 spiro atoms. The Morgan fingerprint density at radius 2 is 1.50 bits per heavy atom. The van der Waals surface area contributed by atoms with Gasteiger partial charge in [0.1, 0.15) is 0 Å². The fourth-order valence-electron chi connectivity index (χ4n) is 2.30. The number of amides is 1. The van der Waals surface area contributed by atoms with Crippen molar-refractivity contribution in [2.45, 2.75) is 5.03 Å². The number of thioether (sulfide) groups is 1. The number of rotatable bonds is 6. The molecular weight excluding hydrogens is 346 g/mol. The first-order valence-corrected chi connectivity index (χ1v) is 9.01. The van der Waals surface area contributed by atoms with E-state index in [1.807, 2.05) is 60.7 Å². The van der Waals surface area contributed by atoms with Crippen LogP contribution in [0.3, 0.4) is 0 Å². The zero-order valence-electron chi connectivity index (χ0n) is 13.9. The summed E-state index contributed by atoms with van der Waals surface area (Å²) in [5.74, 6) is -0.171. The van der Waals surface area contributed by atoms with Crippen molar-refractivity contribution < 1.29 is 9.52 Å². The molecule has 1 amide bonds. The van der Waals surface area contributed by atoms with Gasteiger partial charge in [0.25, 0.3) is 10.9 Å². The number of carbonyl (C=O) groups is 1. The first-order valence-electron chi connectivity index (χ1n) is 8.02. The van der Waals surface area contributed by atoms with E-state index in [0.29, 0.717) is 10.7 Å². The van der Waals surface area contributed by atoms with Gasteiger partial charge in [0.05, 0.1) is 11.5 Å². The maximum Gasteiger partial charge on any atom is 0.251 e. The molecule has 0 fully saturated rings. The van der Waals surface area contributed by atoms with Crippen molar-refractivity contribution in [3.63, 3.8) is 0 Å². The maximum absolute atomic E-state index is 12.1. The lowest BCUT2D eigenvalue weighted by molar-refractivity contribution is -0.645. The Kier molecular flexibility index (Phi) is 6.01. The molecule has 26 heavy (non-hydrogen) atoms. The van der Waals surface area contributed by atoms with E-state index in [0.717, 1.165) is 15.9 Å². The third-order valence-corrected chi connectivity index (χ3v) is 4.54. The number of hydrogen-bond acceptors (Lipinski definition) is 4.